The molecule has 0 saturated heterocycles. The smallest absolute Gasteiger partial charge is 0.230 e. The number of nitrogens with one attached hydrogen (secondary N) is 1. The number of nitrogens with zero attached hydrogens (tertiary/aromatic N) is 1. The van der Waals surface area contributed by atoms with Crippen LogP contribution in [0.2, 0.25) is 0 Å². The average Bonchev–Trinajstić information content (AvgIpc) is 3.04. The van der Waals surface area contributed by atoms with Crippen molar-refractivity contribution in [1.29, 1.82) is 0 Å². The number of aliphatic carboxylic acids is 1. The van der Waals surface area contributed by atoms with E-state index in [4.69, 9.17) is 0 Å². The van der Waals surface area contributed by atoms with E-state index in [1.807, 2.05) is 35.7 Å². The number of thiazole rings is 1. The van der Waals surface area contributed by atoms with Crippen LogP contribution in [0.3, 0.4) is 0 Å². The van der Waals surface area contributed by atoms with E-state index in [2.05, 4.69) is 26.2 Å². The van der Waals surface area contributed by atoms with Crippen LogP contribution in [0.5, 0.6) is 0 Å². The van der Waals surface area contributed by atoms with Gasteiger partial charge in [0, 0.05) is 27.3 Å². The molecule has 1 heterocycles. The van der Waals surface area contributed by atoms with Crippen LogP contribution in [0, 0.1) is 11.8 Å². The number of halogens is 1. The molecule has 0 radical (unpaired) electrons. The van der Waals surface area contributed by atoms with E-state index in [0.717, 1.165) is 15.7 Å². The van der Waals surface area contributed by atoms with Gasteiger partial charge in [0.25, 0.3) is 0 Å². The van der Waals surface area contributed by atoms with Crippen molar-refractivity contribution in [2.45, 2.75) is 12.8 Å². The number of anilines is 1. The van der Waals surface area contributed by atoms with Crippen molar-refractivity contribution in [2.75, 3.05) is 5.32 Å². The standard InChI is InChI=1S/C17H15BrN2O3S/c18-11-7-5-10(6-8-11)14-9-24-17(19-14)20-15(21)12-3-1-2-4-13(12)16(22)23/h1-2,5-9,12-13H,3-4H2,(H,22,23)(H,19,20,21)/p-1/t12-,13+/m1/s1. The number of allylic oxidation sites excluding steroid dienone is 2. The lowest BCUT2D eigenvalue weighted by Crippen LogP contribution is -2.41. The van der Waals surface area contributed by atoms with Crippen LogP contribution in [-0.2, 0) is 9.59 Å². The lowest BCUT2D eigenvalue weighted by atomic mass is 9.82. The minimum absolute atomic E-state index is 0.322. The maximum absolute atomic E-state index is 12.4. The van der Waals surface area contributed by atoms with Crippen molar-refractivity contribution >= 4 is 44.3 Å². The molecule has 24 heavy (non-hydrogen) atoms. The fraction of sp³-hybridized carbons (Fsp3) is 0.235. The van der Waals surface area contributed by atoms with Crippen molar-refractivity contribution in [3.8, 4) is 11.3 Å². The molecule has 2 atom stereocenters. The van der Waals surface area contributed by atoms with Crippen molar-refractivity contribution in [3.63, 3.8) is 0 Å². The largest absolute Gasteiger partial charge is 0.550 e. The molecule has 0 fully saturated rings. The number of aromatic nitrogens is 1. The Bertz CT molecular complexity index is 785. The molecule has 0 bridgehead atoms. The maximum Gasteiger partial charge on any atom is 0.230 e. The number of benzene rings is 1. The van der Waals surface area contributed by atoms with Gasteiger partial charge < -0.3 is 15.2 Å². The summed E-state index contributed by atoms with van der Waals surface area (Å²) in [6, 6.07) is 7.71. The third kappa shape index (κ3) is 3.73. The maximum atomic E-state index is 12.4. The molecule has 1 amide bonds. The Labute approximate surface area is 151 Å². The zero-order valence-corrected chi connectivity index (χ0v) is 15.0. The minimum atomic E-state index is -1.19. The first-order chi connectivity index (χ1) is 11.5. The Morgan fingerprint density at radius 1 is 1.17 bits per heavy atom. The number of carbonyl (C=O) groups excluding carboxylic acids is 2. The second kappa shape index (κ2) is 7.27. The van der Waals surface area contributed by atoms with Crippen LogP contribution >= 0.6 is 27.3 Å². The Balaban J connectivity index is 1.72. The van der Waals surface area contributed by atoms with Gasteiger partial charge in [-0.1, -0.05) is 40.2 Å². The Morgan fingerprint density at radius 3 is 2.50 bits per heavy atom. The fourth-order valence-corrected chi connectivity index (χ4v) is 3.63. The predicted molar refractivity (Wildman–Crippen MR) is 94.2 cm³/mol. The molecular weight excluding hydrogens is 392 g/mol. The van der Waals surface area contributed by atoms with Crippen LogP contribution in [0.15, 0.2) is 46.3 Å². The number of carbonyl (C=O) groups is 2. The van der Waals surface area contributed by atoms with Crippen LogP contribution in [0.1, 0.15) is 12.8 Å². The molecule has 0 saturated carbocycles. The highest BCUT2D eigenvalue weighted by Gasteiger charge is 2.30. The Kier molecular flexibility index (Phi) is 5.11. The summed E-state index contributed by atoms with van der Waals surface area (Å²) in [6.07, 6.45) is 4.33. The molecule has 1 aliphatic rings. The van der Waals surface area contributed by atoms with E-state index >= 15 is 0 Å². The van der Waals surface area contributed by atoms with Crippen LogP contribution < -0.4 is 10.4 Å². The van der Waals surface area contributed by atoms with E-state index in [1.165, 1.54) is 11.3 Å². The van der Waals surface area contributed by atoms with Gasteiger partial charge in [0.15, 0.2) is 5.13 Å². The van der Waals surface area contributed by atoms with E-state index in [-0.39, 0.29) is 5.91 Å². The molecule has 2 aromatic rings. The average molecular weight is 406 g/mol. The van der Waals surface area contributed by atoms with Gasteiger partial charge in [0.05, 0.1) is 11.6 Å². The number of carboxylic acid groups (broad SMARTS) is 1. The molecular formula is C17H14BrN2O3S-. The zero-order chi connectivity index (χ0) is 17.1. The minimum Gasteiger partial charge on any atom is -0.550 e. The molecule has 0 spiro atoms. The third-order valence-electron chi connectivity index (χ3n) is 3.95. The highest BCUT2D eigenvalue weighted by atomic mass is 79.9. The summed E-state index contributed by atoms with van der Waals surface area (Å²) in [4.78, 5) is 28.0. The lowest BCUT2D eigenvalue weighted by molar-refractivity contribution is -0.313. The van der Waals surface area contributed by atoms with Crippen molar-refractivity contribution in [2.24, 2.45) is 11.8 Å². The second-order valence-corrected chi connectivity index (χ2v) is 7.28. The van der Waals surface area contributed by atoms with Crippen molar-refractivity contribution in [1.82, 2.24) is 4.98 Å². The highest BCUT2D eigenvalue weighted by molar-refractivity contribution is 9.10. The number of hydrogen-bond acceptors (Lipinski definition) is 5. The SMILES string of the molecule is O=C([O-])[C@H]1CC=CC[C@H]1C(=O)Nc1nc(-c2ccc(Br)cc2)cs1. The molecule has 0 unspecified atom stereocenters. The van der Waals surface area contributed by atoms with Gasteiger partial charge in [-0.25, -0.2) is 4.98 Å². The van der Waals surface area contributed by atoms with Gasteiger partial charge in [0.1, 0.15) is 0 Å². The molecule has 1 N–H and O–H groups in total. The van der Waals surface area contributed by atoms with Crippen LogP contribution in [0.25, 0.3) is 11.3 Å². The monoisotopic (exact) mass is 405 g/mol. The van der Waals surface area contributed by atoms with E-state index in [9.17, 15) is 14.7 Å². The molecule has 1 aromatic heterocycles. The normalized spacial score (nSPS) is 19.9. The number of rotatable bonds is 4. The quantitative estimate of drug-likeness (QED) is 0.792. The Morgan fingerprint density at radius 2 is 1.83 bits per heavy atom. The highest BCUT2D eigenvalue weighted by Crippen LogP contribution is 2.29. The van der Waals surface area contributed by atoms with E-state index in [1.54, 1.807) is 6.08 Å². The first-order valence-electron chi connectivity index (χ1n) is 7.43. The molecule has 7 heteroatoms. The molecule has 3 rings (SSSR count). The van der Waals surface area contributed by atoms with Gasteiger partial charge in [-0.15, -0.1) is 11.3 Å². The summed E-state index contributed by atoms with van der Waals surface area (Å²) < 4.78 is 0.980. The summed E-state index contributed by atoms with van der Waals surface area (Å²) in [5, 5.41) is 16.2. The summed E-state index contributed by atoms with van der Waals surface area (Å²) in [5.74, 6) is -2.93. The van der Waals surface area contributed by atoms with E-state index in [0.29, 0.717) is 18.0 Å². The summed E-state index contributed by atoms with van der Waals surface area (Å²) >= 11 is 4.70. The molecule has 5 nitrogen and oxygen atoms in total. The lowest BCUT2D eigenvalue weighted by Gasteiger charge is -2.27. The molecule has 1 aromatic carbocycles. The van der Waals surface area contributed by atoms with Gasteiger partial charge >= 0.3 is 0 Å². The van der Waals surface area contributed by atoms with Gasteiger partial charge in [-0.2, -0.15) is 0 Å². The zero-order valence-electron chi connectivity index (χ0n) is 12.6. The van der Waals surface area contributed by atoms with Gasteiger partial charge in [0.2, 0.25) is 5.91 Å². The third-order valence-corrected chi connectivity index (χ3v) is 5.23. The fourth-order valence-electron chi connectivity index (χ4n) is 2.65. The topological polar surface area (TPSA) is 82.1 Å². The second-order valence-electron chi connectivity index (χ2n) is 5.51. The van der Waals surface area contributed by atoms with Crippen LogP contribution in [-0.4, -0.2) is 16.9 Å². The number of amides is 1. The predicted octanol–water partition coefficient (Wildman–Crippen LogP) is 2.84. The number of hydrogen-bond donors (Lipinski definition) is 1. The van der Waals surface area contributed by atoms with Gasteiger partial charge in [-0.05, 0) is 25.0 Å². The summed E-state index contributed by atoms with van der Waals surface area (Å²) in [6.45, 7) is 0. The van der Waals surface area contributed by atoms with Crippen LogP contribution in [0.4, 0.5) is 5.13 Å². The summed E-state index contributed by atoms with van der Waals surface area (Å²) in [5.41, 5.74) is 1.71. The van der Waals surface area contributed by atoms with Crippen molar-refractivity contribution in [3.05, 3.63) is 46.3 Å². The molecule has 0 aliphatic heterocycles. The van der Waals surface area contributed by atoms with Gasteiger partial charge in [-0.3, -0.25) is 4.79 Å². The first-order valence-corrected chi connectivity index (χ1v) is 9.10. The van der Waals surface area contributed by atoms with Crippen molar-refractivity contribution < 1.29 is 14.7 Å². The van der Waals surface area contributed by atoms with E-state index < -0.39 is 17.8 Å². The number of carboxylic acids is 1. The Hall–Kier alpha value is -1.99. The molecule has 124 valence electrons. The first kappa shape index (κ1) is 16.9. The molecule has 1 aliphatic carbocycles. The summed E-state index contributed by atoms with van der Waals surface area (Å²) in [7, 11) is 0.